The molecule has 0 saturated heterocycles. The summed E-state index contributed by atoms with van der Waals surface area (Å²) in [6.45, 7) is 1.92. The minimum absolute atomic E-state index is 0.0655. The van der Waals surface area contributed by atoms with Gasteiger partial charge < -0.3 is 10.1 Å². The second-order valence-corrected chi connectivity index (χ2v) is 5.26. The standard InChI is InChI=1S/C15H15NO3S/c1-10(13-7-4-8-20-13)16-14(17)11-5-3-6-12(9-11)15(18)19-2/h3-10H,1-2H3,(H,16,17)/t10-/m0/s1. The average Bonchev–Trinajstić information content (AvgIpc) is 3.00. The minimum Gasteiger partial charge on any atom is -0.465 e. The van der Waals surface area contributed by atoms with Crippen molar-refractivity contribution in [2.45, 2.75) is 13.0 Å². The summed E-state index contributed by atoms with van der Waals surface area (Å²) >= 11 is 1.59. The van der Waals surface area contributed by atoms with Crippen LogP contribution in [0, 0.1) is 0 Å². The van der Waals surface area contributed by atoms with Crippen LogP contribution in [0.25, 0.3) is 0 Å². The maximum Gasteiger partial charge on any atom is 0.337 e. The zero-order valence-corrected chi connectivity index (χ0v) is 12.1. The summed E-state index contributed by atoms with van der Waals surface area (Å²) in [4.78, 5) is 24.7. The number of nitrogens with one attached hydrogen (secondary N) is 1. The lowest BCUT2D eigenvalue weighted by atomic mass is 10.1. The molecule has 4 nitrogen and oxygen atoms in total. The van der Waals surface area contributed by atoms with Crippen molar-refractivity contribution >= 4 is 23.2 Å². The summed E-state index contributed by atoms with van der Waals surface area (Å²) in [5.74, 6) is -0.664. The van der Waals surface area contributed by atoms with E-state index in [9.17, 15) is 9.59 Å². The van der Waals surface area contributed by atoms with Gasteiger partial charge in [0.2, 0.25) is 0 Å². The zero-order valence-electron chi connectivity index (χ0n) is 11.3. The average molecular weight is 289 g/mol. The number of rotatable bonds is 4. The molecule has 5 heteroatoms. The van der Waals surface area contributed by atoms with Crippen LogP contribution >= 0.6 is 11.3 Å². The lowest BCUT2D eigenvalue weighted by Gasteiger charge is -2.12. The number of thiophene rings is 1. The summed E-state index contributed by atoms with van der Waals surface area (Å²) in [6, 6.07) is 10.3. The number of methoxy groups -OCH3 is 1. The summed E-state index contributed by atoms with van der Waals surface area (Å²) in [5.41, 5.74) is 0.806. The summed E-state index contributed by atoms with van der Waals surface area (Å²) in [6.07, 6.45) is 0. The lowest BCUT2D eigenvalue weighted by Crippen LogP contribution is -2.26. The highest BCUT2D eigenvalue weighted by Gasteiger charge is 2.14. The van der Waals surface area contributed by atoms with E-state index < -0.39 is 5.97 Å². The van der Waals surface area contributed by atoms with E-state index in [0.29, 0.717) is 11.1 Å². The topological polar surface area (TPSA) is 55.4 Å². The number of carbonyl (C=O) groups is 2. The maximum atomic E-state index is 12.2. The molecule has 1 atom stereocenters. The molecule has 0 aliphatic carbocycles. The van der Waals surface area contributed by atoms with Crippen molar-refractivity contribution in [1.29, 1.82) is 0 Å². The smallest absolute Gasteiger partial charge is 0.337 e. The molecule has 0 radical (unpaired) electrons. The van der Waals surface area contributed by atoms with E-state index in [1.54, 1.807) is 29.5 Å². The van der Waals surface area contributed by atoms with E-state index in [-0.39, 0.29) is 11.9 Å². The summed E-state index contributed by atoms with van der Waals surface area (Å²) in [7, 11) is 1.31. The molecular formula is C15H15NO3S. The van der Waals surface area contributed by atoms with Crippen molar-refractivity contribution in [1.82, 2.24) is 5.32 Å². The van der Waals surface area contributed by atoms with Gasteiger partial charge in [-0.25, -0.2) is 4.79 Å². The van der Waals surface area contributed by atoms with Gasteiger partial charge in [-0.2, -0.15) is 0 Å². The van der Waals surface area contributed by atoms with E-state index in [1.165, 1.54) is 13.2 Å². The molecule has 0 spiro atoms. The molecule has 104 valence electrons. The van der Waals surface area contributed by atoms with Crippen LogP contribution in [0.1, 0.15) is 38.6 Å². The highest BCUT2D eigenvalue weighted by atomic mass is 32.1. The van der Waals surface area contributed by atoms with Gasteiger partial charge in [-0.1, -0.05) is 12.1 Å². The molecule has 20 heavy (non-hydrogen) atoms. The van der Waals surface area contributed by atoms with Gasteiger partial charge in [-0.15, -0.1) is 11.3 Å². The largest absolute Gasteiger partial charge is 0.465 e. The molecule has 0 aliphatic rings. The molecule has 2 aromatic rings. The molecule has 0 unspecified atom stereocenters. The van der Waals surface area contributed by atoms with Crippen molar-refractivity contribution in [2.75, 3.05) is 7.11 Å². The molecule has 0 saturated carbocycles. The van der Waals surface area contributed by atoms with Gasteiger partial charge in [0.15, 0.2) is 0 Å². The molecule has 1 heterocycles. The van der Waals surface area contributed by atoms with Crippen molar-refractivity contribution in [3.8, 4) is 0 Å². The molecule has 1 amide bonds. The number of hydrogen-bond acceptors (Lipinski definition) is 4. The third-order valence-corrected chi connectivity index (χ3v) is 3.92. The summed E-state index contributed by atoms with van der Waals surface area (Å²) < 4.78 is 4.64. The Bertz CT molecular complexity index is 607. The van der Waals surface area contributed by atoms with Gasteiger partial charge in [0, 0.05) is 10.4 Å². The molecular weight excluding hydrogens is 274 g/mol. The van der Waals surface area contributed by atoms with Gasteiger partial charge in [-0.05, 0) is 36.6 Å². The third kappa shape index (κ3) is 3.24. The SMILES string of the molecule is COC(=O)c1cccc(C(=O)N[C@@H](C)c2cccs2)c1. The van der Waals surface area contributed by atoms with Crippen LogP contribution in [-0.4, -0.2) is 19.0 Å². The van der Waals surface area contributed by atoms with Gasteiger partial charge in [0.05, 0.1) is 18.7 Å². The van der Waals surface area contributed by atoms with E-state index in [0.717, 1.165) is 4.88 Å². The van der Waals surface area contributed by atoms with Gasteiger partial charge in [0.25, 0.3) is 5.91 Å². The van der Waals surface area contributed by atoms with Crippen LogP contribution in [0.5, 0.6) is 0 Å². The number of hydrogen-bond donors (Lipinski definition) is 1. The van der Waals surface area contributed by atoms with Gasteiger partial charge >= 0.3 is 5.97 Å². The van der Waals surface area contributed by atoms with Crippen LogP contribution in [0.3, 0.4) is 0 Å². The Kier molecular flexibility index (Phi) is 4.53. The number of ether oxygens (including phenoxy) is 1. The van der Waals surface area contributed by atoms with E-state index >= 15 is 0 Å². The predicted octanol–water partition coefficient (Wildman–Crippen LogP) is 3.03. The van der Waals surface area contributed by atoms with Gasteiger partial charge in [-0.3, -0.25) is 4.79 Å². The number of carbonyl (C=O) groups excluding carboxylic acids is 2. The molecule has 1 aromatic carbocycles. The quantitative estimate of drug-likeness (QED) is 0.880. The molecule has 1 aromatic heterocycles. The Hall–Kier alpha value is -2.14. The van der Waals surface area contributed by atoms with Crippen molar-refractivity contribution in [2.24, 2.45) is 0 Å². The predicted molar refractivity (Wildman–Crippen MR) is 78.0 cm³/mol. The van der Waals surface area contributed by atoms with E-state index in [4.69, 9.17) is 0 Å². The molecule has 0 aliphatic heterocycles. The van der Waals surface area contributed by atoms with Gasteiger partial charge in [0.1, 0.15) is 0 Å². The first kappa shape index (κ1) is 14.3. The fourth-order valence-electron chi connectivity index (χ4n) is 1.79. The van der Waals surface area contributed by atoms with Crippen LogP contribution in [0.2, 0.25) is 0 Å². The Labute approximate surface area is 121 Å². The monoisotopic (exact) mass is 289 g/mol. The Morgan fingerprint density at radius 1 is 1.20 bits per heavy atom. The fourth-order valence-corrected chi connectivity index (χ4v) is 2.53. The lowest BCUT2D eigenvalue weighted by molar-refractivity contribution is 0.0600. The second kappa shape index (κ2) is 6.34. The molecule has 0 bridgehead atoms. The summed E-state index contributed by atoms with van der Waals surface area (Å²) in [5, 5.41) is 4.87. The normalized spacial score (nSPS) is 11.7. The first-order valence-corrected chi connectivity index (χ1v) is 7.02. The van der Waals surface area contributed by atoms with Crippen LogP contribution in [-0.2, 0) is 4.74 Å². The van der Waals surface area contributed by atoms with Crippen LogP contribution in [0.15, 0.2) is 41.8 Å². The fraction of sp³-hybridized carbons (Fsp3) is 0.200. The van der Waals surface area contributed by atoms with Crippen molar-refractivity contribution < 1.29 is 14.3 Å². The highest BCUT2D eigenvalue weighted by Crippen LogP contribution is 2.18. The number of benzene rings is 1. The van der Waals surface area contributed by atoms with Crippen LogP contribution < -0.4 is 5.32 Å². The maximum absolute atomic E-state index is 12.2. The molecule has 0 fully saturated rings. The Balaban J connectivity index is 2.11. The molecule has 2 rings (SSSR count). The minimum atomic E-state index is -0.453. The molecule has 1 N–H and O–H groups in total. The second-order valence-electron chi connectivity index (χ2n) is 4.28. The van der Waals surface area contributed by atoms with Crippen LogP contribution in [0.4, 0.5) is 0 Å². The Morgan fingerprint density at radius 2 is 1.95 bits per heavy atom. The first-order valence-electron chi connectivity index (χ1n) is 6.14. The highest BCUT2D eigenvalue weighted by molar-refractivity contribution is 7.10. The van der Waals surface area contributed by atoms with Crippen molar-refractivity contribution in [3.05, 3.63) is 57.8 Å². The van der Waals surface area contributed by atoms with E-state index in [1.807, 2.05) is 24.4 Å². The first-order chi connectivity index (χ1) is 9.61. The van der Waals surface area contributed by atoms with E-state index in [2.05, 4.69) is 10.1 Å². The third-order valence-electron chi connectivity index (χ3n) is 2.86. The number of esters is 1. The zero-order chi connectivity index (χ0) is 14.5. The Morgan fingerprint density at radius 3 is 2.60 bits per heavy atom. The van der Waals surface area contributed by atoms with Crippen molar-refractivity contribution in [3.63, 3.8) is 0 Å². The number of amides is 1.